The monoisotopic (exact) mass is 333 g/mol. The number of rotatable bonds is 3. The van der Waals surface area contributed by atoms with Gasteiger partial charge in [-0.05, 0) is 35.9 Å². The van der Waals surface area contributed by atoms with Crippen LogP contribution in [0, 0.1) is 11.6 Å². The van der Waals surface area contributed by atoms with Gasteiger partial charge in [0, 0.05) is 23.7 Å². The summed E-state index contributed by atoms with van der Waals surface area (Å²) in [6.07, 6.45) is 2.17. The van der Waals surface area contributed by atoms with Gasteiger partial charge in [-0.25, -0.2) is 23.7 Å². The molecule has 0 fully saturated rings. The van der Waals surface area contributed by atoms with Gasteiger partial charge >= 0.3 is 0 Å². The van der Waals surface area contributed by atoms with Crippen LogP contribution in [0.1, 0.15) is 11.3 Å². The Hall–Kier alpha value is -3.21. The van der Waals surface area contributed by atoms with Gasteiger partial charge in [0.15, 0.2) is 17.5 Å². The molecule has 0 aliphatic carbocycles. The lowest BCUT2D eigenvalue weighted by Crippen LogP contribution is -1.98. The topological polar surface area (TPSA) is 38.7 Å². The van der Waals surface area contributed by atoms with E-state index in [-0.39, 0.29) is 0 Å². The van der Waals surface area contributed by atoms with Crippen LogP contribution in [-0.2, 0) is 6.42 Å². The van der Waals surface area contributed by atoms with Gasteiger partial charge in [0.05, 0.1) is 5.52 Å². The predicted octanol–water partition coefficient (Wildman–Crippen LogP) is 4.56. The van der Waals surface area contributed by atoms with Crippen molar-refractivity contribution in [1.82, 2.24) is 15.0 Å². The zero-order valence-electron chi connectivity index (χ0n) is 13.2. The van der Waals surface area contributed by atoms with E-state index >= 15 is 0 Å². The molecule has 0 spiro atoms. The fourth-order valence-electron chi connectivity index (χ4n) is 2.66. The quantitative estimate of drug-likeness (QED) is 0.552. The van der Waals surface area contributed by atoms with E-state index in [0.717, 1.165) is 22.7 Å². The molecule has 0 saturated carbocycles. The number of hydrogen-bond donors (Lipinski definition) is 0. The molecule has 25 heavy (non-hydrogen) atoms. The number of pyridine rings is 1. The van der Waals surface area contributed by atoms with E-state index in [2.05, 4.69) is 15.0 Å². The van der Waals surface area contributed by atoms with Gasteiger partial charge in [-0.15, -0.1) is 0 Å². The number of halogens is 2. The van der Waals surface area contributed by atoms with Crippen LogP contribution in [0.25, 0.3) is 22.4 Å². The molecule has 0 saturated heterocycles. The molecule has 2 aromatic carbocycles. The highest BCUT2D eigenvalue weighted by Gasteiger charge is 2.08. The normalized spacial score (nSPS) is 11.0. The van der Waals surface area contributed by atoms with Gasteiger partial charge in [-0.2, -0.15) is 0 Å². The van der Waals surface area contributed by atoms with Crippen molar-refractivity contribution in [3.63, 3.8) is 0 Å². The zero-order chi connectivity index (χ0) is 17.2. The highest BCUT2D eigenvalue weighted by atomic mass is 19.2. The standard InChI is InChI=1S/C20H13F2N3/c21-16-9-8-13(11-17(16)22)10-15-5-3-7-19(24-15)20-23-12-14-4-1-2-6-18(14)25-20/h1-9,11-12H,10H2. The first kappa shape index (κ1) is 15.3. The van der Waals surface area contributed by atoms with E-state index in [0.29, 0.717) is 23.5 Å². The smallest absolute Gasteiger partial charge is 0.178 e. The van der Waals surface area contributed by atoms with Gasteiger partial charge in [0.1, 0.15) is 5.69 Å². The van der Waals surface area contributed by atoms with Gasteiger partial charge in [0.2, 0.25) is 0 Å². The fourth-order valence-corrected chi connectivity index (χ4v) is 2.66. The molecule has 3 nitrogen and oxygen atoms in total. The molecule has 2 aromatic heterocycles. The van der Waals surface area contributed by atoms with Crippen molar-refractivity contribution < 1.29 is 8.78 Å². The van der Waals surface area contributed by atoms with Crippen molar-refractivity contribution in [2.24, 2.45) is 0 Å². The molecular weight excluding hydrogens is 320 g/mol. The Morgan fingerprint density at radius 1 is 0.800 bits per heavy atom. The molecule has 5 heteroatoms. The van der Waals surface area contributed by atoms with Crippen LogP contribution >= 0.6 is 0 Å². The van der Waals surface area contributed by atoms with Gasteiger partial charge in [0.25, 0.3) is 0 Å². The Bertz CT molecular complexity index is 1060. The van der Waals surface area contributed by atoms with Gasteiger partial charge < -0.3 is 0 Å². The van der Waals surface area contributed by atoms with Crippen LogP contribution in [-0.4, -0.2) is 15.0 Å². The summed E-state index contributed by atoms with van der Waals surface area (Å²) in [6.45, 7) is 0. The maximum Gasteiger partial charge on any atom is 0.178 e. The minimum absolute atomic E-state index is 0.401. The lowest BCUT2D eigenvalue weighted by Gasteiger charge is -2.05. The molecule has 0 aliphatic rings. The maximum absolute atomic E-state index is 13.4. The van der Waals surface area contributed by atoms with E-state index in [1.165, 1.54) is 6.07 Å². The Morgan fingerprint density at radius 3 is 2.56 bits per heavy atom. The number of fused-ring (bicyclic) bond motifs is 1. The molecule has 0 atom stereocenters. The first-order chi connectivity index (χ1) is 12.2. The van der Waals surface area contributed by atoms with E-state index in [4.69, 9.17) is 0 Å². The Balaban J connectivity index is 1.67. The van der Waals surface area contributed by atoms with Crippen molar-refractivity contribution >= 4 is 10.9 Å². The second-order valence-corrected chi connectivity index (χ2v) is 5.69. The summed E-state index contributed by atoms with van der Waals surface area (Å²) in [4.78, 5) is 13.5. The predicted molar refractivity (Wildman–Crippen MR) is 91.9 cm³/mol. The highest BCUT2D eigenvalue weighted by Crippen LogP contribution is 2.18. The number of hydrogen-bond acceptors (Lipinski definition) is 3. The average Bonchev–Trinajstić information content (AvgIpc) is 2.65. The SMILES string of the molecule is Fc1ccc(Cc2cccc(-c3ncc4ccccc4n3)n2)cc1F. The summed E-state index contributed by atoms with van der Waals surface area (Å²) >= 11 is 0. The lowest BCUT2D eigenvalue weighted by atomic mass is 10.1. The van der Waals surface area contributed by atoms with Gasteiger partial charge in [-0.1, -0.05) is 30.3 Å². The van der Waals surface area contributed by atoms with Crippen molar-refractivity contribution in [3.05, 3.63) is 89.8 Å². The van der Waals surface area contributed by atoms with E-state index in [9.17, 15) is 8.78 Å². The van der Waals surface area contributed by atoms with Crippen molar-refractivity contribution in [3.8, 4) is 11.5 Å². The Morgan fingerprint density at radius 2 is 1.68 bits per heavy atom. The minimum atomic E-state index is -0.855. The van der Waals surface area contributed by atoms with Crippen LogP contribution in [0.5, 0.6) is 0 Å². The van der Waals surface area contributed by atoms with E-state index in [1.54, 1.807) is 12.3 Å². The third-order valence-electron chi connectivity index (χ3n) is 3.89. The third kappa shape index (κ3) is 3.21. The summed E-state index contributed by atoms with van der Waals surface area (Å²) in [6, 6.07) is 17.1. The first-order valence-corrected chi connectivity index (χ1v) is 7.81. The minimum Gasteiger partial charge on any atom is -0.249 e. The first-order valence-electron chi connectivity index (χ1n) is 7.81. The summed E-state index contributed by atoms with van der Waals surface area (Å²) < 4.78 is 26.4. The van der Waals surface area contributed by atoms with Crippen LogP contribution in [0.3, 0.4) is 0 Å². The number of nitrogens with zero attached hydrogens (tertiary/aromatic N) is 3. The van der Waals surface area contributed by atoms with E-state index < -0.39 is 11.6 Å². The largest absolute Gasteiger partial charge is 0.249 e. The Labute approximate surface area is 143 Å². The van der Waals surface area contributed by atoms with Crippen molar-refractivity contribution in [2.45, 2.75) is 6.42 Å². The molecule has 122 valence electrons. The highest BCUT2D eigenvalue weighted by molar-refractivity contribution is 5.79. The molecule has 0 aliphatic heterocycles. The Kier molecular flexibility index (Phi) is 3.90. The molecular formula is C20H13F2N3. The third-order valence-corrected chi connectivity index (χ3v) is 3.89. The summed E-state index contributed by atoms with van der Waals surface area (Å²) in [5, 5.41) is 0.962. The number of para-hydroxylation sites is 1. The summed E-state index contributed by atoms with van der Waals surface area (Å²) in [5.74, 6) is -1.17. The van der Waals surface area contributed by atoms with Gasteiger partial charge in [-0.3, -0.25) is 0 Å². The molecule has 0 amide bonds. The van der Waals surface area contributed by atoms with Crippen molar-refractivity contribution in [2.75, 3.05) is 0 Å². The molecule has 4 aromatic rings. The molecule has 0 bridgehead atoms. The molecule has 0 radical (unpaired) electrons. The van der Waals surface area contributed by atoms with Crippen LogP contribution < -0.4 is 0 Å². The lowest BCUT2D eigenvalue weighted by molar-refractivity contribution is 0.507. The van der Waals surface area contributed by atoms with Crippen LogP contribution in [0.2, 0.25) is 0 Å². The fraction of sp³-hybridized carbons (Fsp3) is 0.0500. The zero-order valence-corrected chi connectivity index (χ0v) is 13.2. The molecule has 2 heterocycles. The molecule has 0 unspecified atom stereocenters. The summed E-state index contributed by atoms with van der Waals surface area (Å²) in [5.41, 5.74) is 2.88. The van der Waals surface area contributed by atoms with Crippen LogP contribution in [0.15, 0.2) is 66.9 Å². The number of benzene rings is 2. The maximum atomic E-state index is 13.4. The number of aromatic nitrogens is 3. The average molecular weight is 333 g/mol. The van der Waals surface area contributed by atoms with Crippen LogP contribution in [0.4, 0.5) is 8.78 Å². The molecule has 0 N–H and O–H groups in total. The van der Waals surface area contributed by atoms with E-state index in [1.807, 2.05) is 42.5 Å². The summed E-state index contributed by atoms with van der Waals surface area (Å²) in [7, 11) is 0. The second-order valence-electron chi connectivity index (χ2n) is 5.69. The molecule has 4 rings (SSSR count). The van der Waals surface area contributed by atoms with Crippen molar-refractivity contribution in [1.29, 1.82) is 0 Å². The second kappa shape index (κ2) is 6.36.